The Balaban J connectivity index is 1.39. The van der Waals surface area contributed by atoms with Crippen LogP contribution in [0.4, 0.5) is 11.4 Å². The first-order valence-electron chi connectivity index (χ1n) is 9.54. The lowest BCUT2D eigenvalue weighted by Crippen LogP contribution is -2.36. The molecule has 1 aliphatic rings. The maximum atomic E-state index is 12.1. The zero-order chi connectivity index (χ0) is 22.2. The molecule has 0 radical (unpaired) electrons. The fourth-order valence-corrected chi connectivity index (χ4v) is 3.39. The van der Waals surface area contributed by atoms with Gasteiger partial charge in [0.2, 0.25) is 0 Å². The van der Waals surface area contributed by atoms with Crippen molar-refractivity contribution in [2.45, 2.75) is 0 Å². The molecule has 0 unspecified atom stereocenters. The summed E-state index contributed by atoms with van der Waals surface area (Å²) in [5, 5.41) is 5.59. The molecule has 0 aliphatic carbocycles. The van der Waals surface area contributed by atoms with Crippen LogP contribution >= 0.6 is 23.2 Å². The number of rotatable bonds is 7. The number of hydrogen-bond donors (Lipinski definition) is 2. The van der Waals surface area contributed by atoms with Crippen LogP contribution in [0.1, 0.15) is 10.4 Å². The van der Waals surface area contributed by atoms with Crippen molar-refractivity contribution in [3.05, 3.63) is 58.1 Å². The molecule has 1 aliphatic heterocycles. The molecule has 0 spiro atoms. The standard InChI is InChI=1S/C21H21Cl2N3O5/c22-14-1-6-17(18(23)11-14)21(29)24-12-20(28)31-13-19(27)25-15-2-4-16(5-3-15)26-7-9-30-10-8-26/h1-6,11H,7-10,12-13H2,(H,24,29)(H,25,27). The summed E-state index contributed by atoms with van der Waals surface area (Å²) < 4.78 is 10.2. The van der Waals surface area contributed by atoms with E-state index < -0.39 is 30.9 Å². The third-order valence-corrected chi connectivity index (χ3v) is 5.01. The Morgan fingerprint density at radius 1 is 1.03 bits per heavy atom. The van der Waals surface area contributed by atoms with Gasteiger partial charge in [-0.25, -0.2) is 0 Å². The number of carbonyl (C=O) groups is 3. The van der Waals surface area contributed by atoms with E-state index >= 15 is 0 Å². The Labute approximate surface area is 189 Å². The van der Waals surface area contributed by atoms with E-state index in [9.17, 15) is 14.4 Å². The molecule has 164 valence electrons. The minimum atomic E-state index is -0.753. The minimum Gasteiger partial charge on any atom is -0.454 e. The third kappa shape index (κ3) is 6.85. The van der Waals surface area contributed by atoms with Crippen LogP contribution in [0.15, 0.2) is 42.5 Å². The summed E-state index contributed by atoms with van der Waals surface area (Å²) >= 11 is 11.7. The predicted octanol–water partition coefficient (Wildman–Crippen LogP) is 2.74. The van der Waals surface area contributed by atoms with Crippen LogP contribution in [0.3, 0.4) is 0 Å². The second kappa shape index (κ2) is 11.0. The van der Waals surface area contributed by atoms with Crippen molar-refractivity contribution in [3.63, 3.8) is 0 Å². The van der Waals surface area contributed by atoms with Gasteiger partial charge in [0.15, 0.2) is 6.61 Å². The van der Waals surface area contributed by atoms with Gasteiger partial charge in [-0.2, -0.15) is 0 Å². The summed E-state index contributed by atoms with van der Waals surface area (Å²) in [4.78, 5) is 38.1. The van der Waals surface area contributed by atoms with Crippen LogP contribution in [0.5, 0.6) is 0 Å². The zero-order valence-corrected chi connectivity index (χ0v) is 18.0. The van der Waals surface area contributed by atoms with Crippen molar-refractivity contribution in [2.24, 2.45) is 0 Å². The van der Waals surface area contributed by atoms with Crippen LogP contribution in [-0.2, 0) is 19.1 Å². The Morgan fingerprint density at radius 2 is 1.74 bits per heavy atom. The lowest BCUT2D eigenvalue weighted by molar-refractivity contribution is -0.146. The number of benzene rings is 2. The summed E-state index contributed by atoms with van der Waals surface area (Å²) in [7, 11) is 0. The molecule has 31 heavy (non-hydrogen) atoms. The van der Waals surface area contributed by atoms with Crippen LogP contribution in [0.2, 0.25) is 10.0 Å². The Hall–Kier alpha value is -2.81. The highest BCUT2D eigenvalue weighted by Crippen LogP contribution is 2.21. The van der Waals surface area contributed by atoms with Gasteiger partial charge in [0.1, 0.15) is 6.54 Å². The van der Waals surface area contributed by atoms with E-state index in [-0.39, 0.29) is 10.6 Å². The normalized spacial score (nSPS) is 13.4. The van der Waals surface area contributed by atoms with E-state index in [2.05, 4.69) is 15.5 Å². The number of amides is 2. The van der Waals surface area contributed by atoms with Crippen LogP contribution in [0, 0.1) is 0 Å². The SMILES string of the molecule is O=C(COC(=O)CNC(=O)c1ccc(Cl)cc1Cl)Nc1ccc(N2CCOCC2)cc1. The second-order valence-electron chi connectivity index (χ2n) is 6.66. The number of ether oxygens (including phenoxy) is 2. The average Bonchev–Trinajstić information content (AvgIpc) is 2.77. The van der Waals surface area contributed by atoms with Gasteiger partial charge < -0.3 is 25.0 Å². The molecule has 0 aromatic heterocycles. The first-order valence-corrected chi connectivity index (χ1v) is 10.3. The van der Waals surface area contributed by atoms with Gasteiger partial charge in [0.25, 0.3) is 11.8 Å². The summed E-state index contributed by atoms with van der Waals surface area (Å²) in [6, 6.07) is 11.8. The molecule has 0 saturated carbocycles. The molecular weight excluding hydrogens is 445 g/mol. The summed E-state index contributed by atoms with van der Waals surface area (Å²) in [6.45, 7) is 2.15. The van der Waals surface area contributed by atoms with Crippen LogP contribution in [-0.4, -0.2) is 57.2 Å². The highest BCUT2D eigenvalue weighted by molar-refractivity contribution is 6.36. The first-order chi connectivity index (χ1) is 14.9. The van der Waals surface area contributed by atoms with E-state index in [1.54, 1.807) is 12.1 Å². The molecule has 0 bridgehead atoms. The van der Waals surface area contributed by atoms with E-state index in [1.807, 2.05) is 12.1 Å². The lowest BCUT2D eigenvalue weighted by Gasteiger charge is -2.28. The zero-order valence-electron chi connectivity index (χ0n) is 16.5. The Bertz CT molecular complexity index is 947. The van der Waals surface area contributed by atoms with E-state index in [4.69, 9.17) is 32.7 Å². The summed E-state index contributed by atoms with van der Waals surface area (Å²) in [5.74, 6) is -1.79. The van der Waals surface area contributed by atoms with Crippen molar-refractivity contribution in [2.75, 3.05) is 49.7 Å². The number of hydrogen-bond acceptors (Lipinski definition) is 6. The molecule has 10 heteroatoms. The number of anilines is 2. The Morgan fingerprint density at radius 3 is 2.42 bits per heavy atom. The maximum Gasteiger partial charge on any atom is 0.325 e. The van der Waals surface area contributed by atoms with E-state index in [0.29, 0.717) is 23.9 Å². The molecule has 0 atom stereocenters. The largest absolute Gasteiger partial charge is 0.454 e. The number of morpholine rings is 1. The van der Waals surface area contributed by atoms with Gasteiger partial charge in [-0.1, -0.05) is 23.2 Å². The number of nitrogens with zero attached hydrogens (tertiary/aromatic N) is 1. The minimum absolute atomic E-state index is 0.164. The topological polar surface area (TPSA) is 97.0 Å². The molecule has 8 nitrogen and oxygen atoms in total. The lowest BCUT2D eigenvalue weighted by atomic mass is 10.2. The number of carbonyl (C=O) groups excluding carboxylic acids is 3. The van der Waals surface area contributed by atoms with Gasteiger partial charge >= 0.3 is 5.97 Å². The van der Waals surface area contributed by atoms with Gasteiger partial charge in [-0.3, -0.25) is 14.4 Å². The van der Waals surface area contributed by atoms with Crippen LogP contribution < -0.4 is 15.5 Å². The van der Waals surface area contributed by atoms with E-state index in [0.717, 1.165) is 18.8 Å². The fourth-order valence-electron chi connectivity index (χ4n) is 2.89. The highest BCUT2D eigenvalue weighted by Gasteiger charge is 2.14. The first kappa shape index (κ1) is 22.9. The van der Waals surface area contributed by atoms with Crippen LogP contribution in [0.25, 0.3) is 0 Å². The van der Waals surface area contributed by atoms with Crippen molar-refractivity contribution < 1.29 is 23.9 Å². The summed E-state index contributed by atoms with van der Waals surface area (Å²) in [6.07, 6.45) is 0. The Kier molecular flexibility index (Phi) is 8.11. The molecule has 1 heterocycles. The molecule has 2 N–H and O–H groups in total. The van der Waals surface area contributed by atoms with Crippen molar-refractivity contribution >= 4 is 52.4 Å². The molecule has 3 rings (SSSR count). The molecule has 1 fully saturated rings. The number of esters is 1. The molecule has 2 amide bonds. The molecule has 1 saturated heterocycles. The maximum absolute atomic E-state index is 12.1. The third-order valence-electron chi connectivity index (χ3n) is 4.46. The fraction of sp³-hybridized carbons (Fsp3) is 0.286. The quantitative estimate of drug-likeness (QED) is 0.610. The number of nitrogens with one attached hydrogen (secondary N) is 2. The van der Waals surface area contributed by atoms with Gasteiger partial charge in [-0.15, -0.1) is 0 Å². The molecule has 2 aromatic carbocycles. The second-order valence-corrected chi connectivity index (χ2v) is 7.51. The average molecular weight is 466 g/mol. The molecular formula is C21H21Cl2N3O5. The van der Waals surface area contributed by atoms with Crippen molar-refractivity contribution in [3.8, 4) is 0 Å². The van der Waals surface area contributed by atoms with E-state index in [1.165, 1.54) is 18.2 Å². The number of halogens is 2. The van der Waals surface area contributed by atoms with Crippen molar-refractivity contribution in [1.82, 2.24) is 5.32 Å². The van der Waals surface area contributed by atoms with Gasteiger partial charge in [0, 0.05) is 29.5 Å². The summed E-state index contributed by atoms with van der Waals surface area (Å²) in [5.41, 5.74) is 1.81. The molecule has 2 aromatic rings. The highest BCUT2D eigenvalue weighted by atomic mass is 35.5. The van der Waals surface area contributed by atoms with Gasteiger partial charge in [0.05, 0.1) is 23.8 Å². The predicted molar refractivity (Wildman–Crippen MR) is 118 cm³/mol. The van der Waals surface area contributed by atoms with Crippen molar-refractivity contribution in [1.29, 1.82) is 0 Å². The smallest absolute Gasteiger partial charge is 0.325 e. The van der Waals surface area contributed by atoms with Gasteiger partial charge in [-0.05, 0) is 42.5 Å². The monoisotopic (exact) mass is 465 g/mol.